The predicted molar refractivity (Wildman–Crippen MR) is 129 cm³/mol. The first-order chi connectivity index (χ1) is 18.2. The zero-order valence-electron chi connectivity index (χ0n) is 22.1. The fourth-order valence-electron chi connectivity index (χ4n) is 3.26. The van der Waals surface area contributed by atoms with Crippen molar-refractivity contribution in [3.63, 3.8) is 0 Å². The molecule has 3 aromatic carbocycles. The van der Waals surface area contributed by atoms with E-state index >= 15 is 0 Å². The number of carbonyl (C=O) groups excluding carboxylic acids is 1. The number of aliphatic hydroxyl groups is 1. The second-order valence-electron chi connectivity index (χ2n) is 7.74. The molecule has 3 aromatic rings. The molecule has 0 saturated carbocycles. The summed E-state index contributed by atoms with van der Waals surface area (Å²) in [5.41, 5.74) is 1.17. The van der Waals surface area contributed by atoms with E-state index in [1.807, 2.05) is 0 Å². The maximum atomic E-state index is 12.8. The molecule has 0 saturated heterocycles. The van der Waals surface area contributed by atoms with Crippen molar-refractivity contribution in [3.05, 3.63) is 108 Å². The van der Waals surface area contributed by atoms with Crippen molar-refractivity contribution in [2.45, 2.75) is 51.1 Å². The van der Waals surface area contributed by atoms with E-state index in [0.29, 0.717) is 16.7 Å². The lowest BCUT2D eigenvalue weighted by molar-refractivity contribution is -0.193. The number of carboxylic acid groups (broad SMARTS) is 1. The summed E-state index contributed by atoms with van der Waals surface area (Å²) in [6.07, 6.45) is -7.35. The Morgan fingerprint density at radius 2 is 1.09 bits per heavy atom. The molecule has 0 spiro atoms. The maximum Gasteiger partial charge on any atom is 0.335 e. The topological polar surface area (TPSA) is 102 Å². The summed E-state index contributed by atoms with van der Waals surface area (Å²) in [5, 5.41) is 20.3. The number of hydrogen-bond acceptors (Lipinski definition) is 6. The Hall–Kier alpha value is -3.36. The van der Waals surface area contributed by atoms with E-state index in [4.69, 9.17) is 18.3 Å². The fraction of sp³-hybridized carbons (Fsp3) is 0.286. The highest BCUT2D eigenvalue weighted by Gasteiger charge is 2.42. The Kier molecular flexibility index (Phi) is 8.54. The standard InChI is InChI=1S/C28H30O7/c1-20(29)25(33-17-21-11-5-2-6-12-21)27(35-19-23-15-9-4-10-16-23)26(24(30)28(31)32)34-18-22-13-7-3-8-14-22/h2-16,24-27,30H,17-19H2,1H3,(H,31,32)/t24-,25-,26+,27+/m0/s1/i17D,18D,19D/t17?,18?,19?,24-,25-,26+,27+. The van der Waals surface area contributed by atoms with Crippen molar-refractivity contribution in [2.24, 2.45) is 0 Å². The first-order valence-electron chi connectivity index (χ1n) is 12.7. The molecule has 0 aliphatic rings. The number of ether oxygens (including phenoxy) is 3. The van der Waals surface area contributed by atoms with Gasteiger partial charge in [-0.1, -0.05) is 91.0 Å². The molecule has 0 aromatic heterocycles. The molecule has 7 heteroatoms. The zero-order valence-corrected chi connectivity index (χ0v) is 19.1. The average molecular weight is 482 g/mol. The molecular formula is C28H30O7. The number of ketones is 1. The molecule has 3 unspecified atom stereocenters. The Morgan fingerprint density at radius 3 is 1.46 bits per heavy atom. The van der Waals surface area contributed by atoms with Crippen LogP contribution in [0.2, 0.25) is 0 Å². The summed E-state index contributed by atoms with van der Waals surface area (Å²) in [5.74, 6) is -2.33. The quantitative estimate of drug-likeness (QED) is 0.361. The molecular weight excluding hydrogens is 448 g/mol. The number of carbonyl (C=O) groups is 2. The third-order valence-electron chi connectivity index (χ3n) is 5.06. The number of aliphatic hydroxyl groups excluding tert-OH is 1. The van der Waals surface area contributed by atoms with Gasteiger partial charge in [0.1, 0.15) is 18.3 Å². The van der Waals surface area contributed by atoms with Gasteiger partial charge >= 0.3 is 5.97 Å². The number of carboxylic acids is 1. The molecule has 0 aliphatic heterocycles. The lowest BCUT2D eigenvalue weighted by Crippen LogP contribution is -2.53. The molecule has 0 amide bonds. The Morgan fingerprint density at radius 1 is 0.714 bits per heavy atom. The van der Waals surface area contributed by atoms with Gasteiger partial charge in [-0.3, -0.25) is 4.79 Å². The summed E-state index contributed by atoms with van der Waals surface area (Å²) in [4.78, 5) is 24.7. The minimum Gasteiger partial charge on any atom is -0.479 e. The largest absolute Gasteiger partial charge is 0.479 e. The van der Waals surface area contributed by atoms with Crippen LogP contribution in [0, 0.1) is 0 Å². The highest BCUT2D eigenvalue weighted by atomic mass is 16.6. The summed E-state index contributed by atoms with van der Waals surface area (Å²) in [6, 6.07) is 24.9. The van der Waals surface area contributed by atoms with Crippen molar-refractivity contribution in [2.75, 3.05) is 0 Å². The SMILES string of the molecule is [2H]C(O[C@@H]([C@H](OC([2H])c1ccccc1)[C@@H](OC([2H])c1ccccc1)C(C)=O)[C@H](O)C(=O)O)c1ccccc1. The van der Waals surface area contributed by atoms with Crippen molar-refractivity contribution >= 4 is 11.8 Å². The number of hydrogen-bond donors (Lipinski definition) is 2. The van der Waals surface area contributed by atoms with Crippen molar-refractivity contribution in [3.8, 4) is 0 Å². The van der Waals surface area contributed by atoms with Crippen LogP contribution in [-0.4, -0.2) is 46.4 Å². The molecule has 3 rings (SSSR count). The number of benzene rings is 3. The monoisotopic (exact) mass is 481 g/mol. The van der Waals surface area contributed by atoms with Crippen LogP contribution >= 0.6 is 0 Å². The number of rotatable bonds is 14. The second kappa shape index (κ2) is 13.5. The molecule has 0 radical (unpaired) electrons. The maximum absolute atomic E-state index is 12.8. The van der Waals surface area contributed by atoms with Crippen LogP contribution in [0.15, 0.2) is 91.0 Å². The van der Waals surface area contributed by atoms with Crippen LogP contribution in [0.4, 0.5) is 0 Å². The van der Waals surface area contributed by atoms with Crippen molar-refractivity contribution < 1.29 is 38.1 Å². The lowest BCUT2D eigenvalue weighted by atomic mass is 9.99. The Labute approximate surface area is 209 Å². The number of aliphatic carboxylic acids is 1. The normalized spacial score (nSPS) is 18.5. The van der Waals surface area contributed by atoms with E-state index < -0.39 is 55.9 Å². The van der Waals surface area contributed by atoms with Gasteiger partial charge in [0, 0.05) is 0 Å². The number of Topliss-reactive ketones (excluding diaryl/α,β-unsaturated/α-hetero) is 1. The van der Waals surface area contributed by atoms with Crippen LogP contribution in [0.25, 0.3) is 0 Å². The Bertz CT molecular complexity index is 1150. The summed E-state index contributed by atoms with van der Waals surface area (Å²) >= 11 is 0. The predicted octanol–water partition coefficient (Wildman–Crippen LogP) is 3.78. The van der Waals surface area contributed by atoms with Gasteiger partial charge in [-0.25, -0.2) is 4.79 Å². The molecule has 0 bridgehead atoms. The van der Waals surface area contributed by atoms with Crippen LogP contribution in [0.1, 0.15) is 27.7 Å². The fourth-order valence-corrected chi connectivity index (χ4v) is 3.26. The summed E-state index contributed by atoms with van der Waals surface area (Å²) < 4.78 is 42.8. The van der Waals surface area contributed by atoms with Gasteiger partial charge in [-0.15, -0.1) is 0 Å². The first kappa shape index (κ1) is 22.1. The van der Waals surface area contributed by atoms with Gasteiger partial charge in [0.2, 0.25) is 0 Å². The smallest absolute Gasteiger partial charge is 0.335 e. The van der Waals surface area contributed by atoms with Crippen molar-refractivity contribution in [1.29, 1.82) is 0 Å². The van der Waals surface area contributed by atoms with Crippen molar-refractivity contribution in [1.82, 2.24) is 0 Å². The molecule has 7 nitrogen and oxygen atoms in total. The van der Waals surface area contributed by atoms with Gasteiger partial charge in [-0.05, 0) is 23.6 Å². The highest BCUT2D eigenvalue weighted by molar-refractivity contribution is 5.81. The molecule has 2 N–H and O–H groups in total. The van der Waals surface area contributed by atoms with Crippen LogP contribution in [0.5, 0.6) is 0 Å². The minimum absolute atomic E-state index is 0.363. The van der Waals surface area contributed by atoms with Gasteiger partial charge in [0.05, 0.1) is 23.9 Å². The average Bonchev–Trinajstić information content (AvgIpc) is 2.94. The molecule has 184 valence electrons. The van der Waals surface area contributed by atoms with Crippen LogP contribution in [0.3, 0.4) is 0 Å². The molecule has 0 heterocycles. The van der Waals surface area contributed by atoms with Gasteiger partial charge in [0.15, 0.2) is 11.9 Å². The summed E-state index contributed by atoms with van der Waals surface area (Å²) in [7, 11) is 0. The van der Waals surface area contributed by atoms with Crippen LogP contribution < -0.4 is 0 Å². The van der Waals surface area contributed by atoms with E-state index in [9.17, 15) is 19.8 Å². The van der Waals surface area contributed by atoms with E-state index in [1.54, 1.807) is 91.0 Å². The van der Waals surface area contributed by atoms with E-state index in [1.165, 1.54) is 6.92 Å². The molecule has 0 aliphatic carbocycles. The zero-order chi connectivity index (χ0) is 27.7. The lowest BCUT2D eigenvalue weighted by Gasteiger charge is -2.34. The van der Waals surface area contributed by atoms with Gasteiger partial charge < -0.3 is 24.4 Å². The van der Waals surface area contributed by atoms with E-state index in [-0.39, 0.29) is 0 Å². The molecule has 7 atom stereocenters. The minimum atomic E-state index is -2.24. The van der Waals surface area contributed by atoms with E-state index in [2.05, 4.69) is 0 Å². The Balaban J connectivity index is 2.02. The molecule has 0 fully saturated rings. The van der Waals surface area contributed by atoms with E-state index in [0.717, 1.165) is 0 Å². The van der Waals surface area contributed by atoms with Crippen LogP contribution in [-0.2, 0) is 43.5 Å². The third kappa shape index (κ3) is 8.12. The highest BCUT2D eigenvalue weighted by Crippen LogP contribution is 2.22. The third-order valence-corrected chi connectivity index (χ3v) is 5.06. The van der Waals surface area contributed by atoms with Gasteiger partial charge in [0.25, 0.3) is 0 Å². The first-order valence-corrected chi connectivity index (χ1v) is 11.0. The molecule has 35 heavy (non-hydrogen) atoms. The van der Waals surface area contributed by atoms with Gasteiger partial charge in [-0.2, -0.15) is 0 Å². The second-order valence-corrected chi connectivity index (χ2v) is 7.74. The summed E-state index contributed by atoms with van der Waals surface area (Å²) in [6.45, 7) is -3.10.